The molecule has 3 rings (SSSR count). The predicted octanol–water partition coefficient (Wildman–Crippen LogP) is 1.66. The van der Waals surface area contributed by atoms with Gasteiger partial charge in [-0.1, -0.05) is 6.42 Å². The third-order valence-electron chi connectivity index (χ3n) is 3.58. The minimum atomic E-state index is -0.180. The standard InChI is InChI=1S/C14H18N4O/c15-9-14(19)16-10-5-6-12-11(8-10)17-13-4-2-1-3-7-18(12)13/h5-6,8H,1-4,7,9,15H2,(H,16,19). The number of carbonyl (C=O) groups is 1. The van der Waals surface area contributed by atoms with Crippen LogP contribution in [0.3, 0.4) is 0 Å². The first kappa shape index (κ1) is 12.2. The maximum atomic E-state index is 11.3. The van der Waals surface area contributed by atoms with E-state index in [4.69, 9.17) is 5.73 Å². The van der Waals surface area contributed by atoms with Crippen molar-refractivity contribution in [2.75, 3.05) is 11.9 Å². The summed E-state index contributed by atoms with van der Waals surface area (Å²) in [6, 6.07) is 5.86. The van der Waals surface area contributed by atoms with Crippen molar-refractivity contribution in [3.05, 3.63) is 24.0 Å². The highest BCUT2D eigenvalue weighted by Gasteiger charge is 2.13. The summed E-state index contributed by atoms with van der Waals surface area (Å²) in [5, 5.41) is 2.76. The maximum absolute atomic E-state index is 11.3. The molecule has 0 atom stereocenters. The van der Waals surface area contributed by atoms with Gasteiger partial charge in [-0.05, 0) is 31.0 Å². The summed E-state index contributed by atoms with van der Waals surface area (Å²) in [7, 11) is 0. The minimum Gasteiger partial charge on any atom is -0.328 e. The molecule has 5 heteroatoms. The minimum absolute atomic E-state index is 0.00225. The number of nitrogens with one attached hydrogen (secondary N) is 1. The largest absolute Gasteiger partial charge is 0.328 e. The highest BCUT2D eigenvalue weighted by molar-refractivity contribution is 5.94. The molecule has 5 nitrogen and oxygen atoms in total. The van der Waals surface area contributed by atoms with Crippen molar-refractivity contribution >= 4 is 22.6 Å². The van der Waals surface area contributed by atoms with Gasteiger partial charge in [-0.3, -0.25) is 4.79 Å². The molecule has 0 spiro atoms. The zero-order chi connectivity index (χ0) is 13.2. The summed E-state index contributed by atoms with van der Waals surface area (Å²) < 4.78 is 2.30. The van der Waals surface area contributed by atoms with E-state index in [0.29, 0.717) is 0 Å². The third kappa shape index (κ3) is 2.33. The van der Waals surface area contributed by atoms with E-state index in [1.165, 1.54) is 19.3 Å². The van der Waals surface area contributed by atoms with Gasteiger partial charge in [-0.25, -0.2) is 4.98 Å². The van der Waals surface area contributed by atoms with Gasteiger partial charge in [0.15, 0.2) is 0 Å². The van der Waals surface area contributed by atoms with Gasteiger partial charge < -0.3 is 15.6 Å². The molecule has 2 aromatic rings. The Kier molecular flexibility index (Phi) is 3.21. The molecule has 19 heavy (non-hydrogen) atoms. The van der Waals surface area contributed by atoms with Gasteiger partial charge in [0.25, 0.3) is 0 Å². The highest BCUT2D eigenvalue weighted by Crippen LogP contribution is 2.24. The molecule has 0 saturated heterocycles. The van der Waals surface area contributed by atoms with E-state index in [-0.39, 0.29) is 12.5 Å². The van der Waals surface area contributed by atoms with Crippen molar-refractivity contribution in [1.29, 1.82) is 0 Å². The molecule has 0 aliphatic carbocycles. The number of anilines is 1. The third-order valence-corrected chi connectivity index (χ3v) is 3.58. The molecule has 0 unspecified atom stereocenters. The van der Waals surface area contributed by atoms with Gasteiger partial charge >= 0.3 is 0 Å². The average Bonchev–Trinajstić information content (AvgIpc) is 2.59. The quantitative estimate of drug-likeness (QED) is 0.860. The van der Waals surface area contributed by atoms with Crippen LogP contribution in [-0.4, -0.2) is 22.0 Å². The van der Waals surface area contributed by atoms with Gasteiger partial charge in [0, 0.05) is 18.7 Å². The Bertz CT molecular complexity index is 617. The lowest BCUT2D eigenvalue weighted by atomic mass is 10.2. The Labute approximate surface area is 111 Å². The van der Waals surface area contributed by atoms with Crippen LogP contribution in [0.4, 0.5) is 5.69 Å². The van der Waals surface area contributed by atoms with Crippen molar-refractivity contribution in [3.63, 3.8) is 0 Å². The van der Waals surface area contributed by atoms with Crippen LogP contribution >= 0.6 is 0 Å². The molecule has 1 aromatic carbocycles. The number of carbonyl (C=O) groups excluding carboxylic acids is 1. The van der Waals surface area contributed by atoms with Crippen molar-refractivity contribution in [2.24, 2.45) is 5.73 Å². The van der Waals surface area contributed by atoms with Gasteiger partial charge in [0.1, 0.15) is 5.82 Å². The number of nitrogens with two attached hydrogens (primary N) is 1. The van der Waals surface area contributed by atoms with Crippen LogP contribution in [0.25, 0.3) is 11.0 Å². The highest BCUT2D eigenvalue weighted by atomic mass is 16.1. The van der Waals surface area contributed by atoms with Crippen LogP contribution in [0, 0.1) is 0 Å². The number of aromatic nitrogens is 2. The van der Waals surface area contributed by atoms with E-state index in [9.17, 15) is 4.79 Å². The first-order valence-electron chi connectivity index (χ1n) is 6.77. The average molecular weight is 258 g/mol. The van der Waals surface area contributed by atoms with E-state index in [0.717, 1.165) is 35.5 Å². The summed E-state index contributed by atoms with van der Waals surface area (Å²) in [4.78, 5) is 16.0. The number of nitrogens with zero attached hydrogens (tertiary/aromatic N) is 2. The van der Waals surface area contributed by atoms with Crippen molar-refractivity contribution in [2.45, 2.75) is 32.2 Å². The Morgan fingerprint density at radius 1 is 1.37 bits per heavy atom. The molecule has 0 saturated carbocycles. The lowest BCUT2D eigenvalue weighted by molar-refractivity contribution is -0.114. The zero-order valence-corrected chi connectivity index (χ0v) is 10.9. The van der Waals surface area contributed by atoms with Crippen LogP contribution in [0.2, 0.25) is 0 Å². The fraction of sp³-hybridized carbons (Fsp3) is 0.429. The summed E-state index contributed by atoms with van der Waals surface area (Å²) in [6.45, 7) is 1.04. The number of hydrogen-bond donors (Lipinski definition) is 2. The number of hydrogen-bond acceptors (Lipinski definition) is 3. The first-order valence-corrected chi connectivity index (χ1v) is 6.77. The zero-order valence-electron chi connectivity index (χ0n) is 10.9. The molecule has 3 N–H and O–H groups in total. The number of amides is 1. The summed E-state index contributed by atoms with van der Waals surface area (Å²) in [5.74, 6) is 0.981. The number of rotatable bonds is 2. The van der Waals surface area contributed by atoms with Crippen molar-refractivity contribution in [3.8, 4) is 0 Å². The topological polar surface area (TPSA) is 72.9 Å². The molecule has 2 heterocycles. The number of benzene rings is 1. The molecule has 1 aliphatic rings. The van der Waals surface area contributed by atoms with Crippen LogP contribution in [0.1, 0.15) is 25.1 Å². The van der Waals surface area contributed by atoms with Gasteiger partial charge in [0.05, 0.1) is 17.6 Å². The van der Waals surface area contributed by atoms with E-state index in [2.05, 4.69) is 14.9 Å². The molecule has 0 fully saturated rings. The molecule has 0 radical (unpaired) electrons. The van der Waals surface area contributed by atoms with Crippen molar-refractivity contribution < 1.29 is 4.79 Å². The molecule has 1 aliphatic heterocycles. The second kappa shape index (κ2) is 5.01. The SMILES string of the molecule is NCC(=O)Nc1ccc2c(c1)nc1n2CCCCC1. The van der Waals surface area contributed by atoms with Crippen LogP contribution < -0.4 is 11.1 Å². The van der Waals surface area contributed by atoms with Gasteiger partial charge in [-0.15, -0.1) is 0 Å². The summed E-state index contributed by atoms with van der Waals surface area (Å²) in [5.41, 5.74) is 8.16. The summed E-state index contributed by atoms with van der Waals surface area (Å²) in [6.07, 6.45) is 4.73. The lowest BCUT2D eigenvalue weighted by Gasteiger charge is -2.05. The van der Waals surface area contributed by atoms with Crippen LogP contribution in [-0.2, 0) is 17.8 Å². The smallest absolute Gasteiger partial charge is 0.238 e. The van der Waals surface area contributed by atoms with Crippen LogP contribution in [0.5, 0.6) is 0 Å². The fourth-order valence-corrected chi connectivity index (χ4v) is 2.64. The monoisotopic (exact) mass is 258 g/mol. The van der Waals surface area contributed by atoms with Gasteiger partial charge in [0.2, 0.25) is 5.91 Å². The lowest BCUT2D eigenvalue weighted by Crippen LogP contribution is -2.21. The van der Waals surface area contributed by atoms with Crippen LogP contribution in [0.15, 0.2) is 18.2 Å². The Hall–Kier alpha value is -1.88. The van der Waals surface area contributed by atoms with E-state index in [1.54, 1.807) is 0 Å². The van der Waals surface area contributed by atoms with Crippen molar-refractivity contribution in [1.82, 2.24) is 9.55 Å². The molecule has 100 valence electrons. The number of aryl methyl sites for hydroxylation is 2. The Morgan fingerprint density at radius 3 is 3.11 bits per heavy atom. The molecular formula is C14H18N4O. The van der Waals surface area contributed by atoms with E-state index < -0.39 is 0 Å². The Morgan fingerprint density at radius 2 is 2.26 bits per heavy atom. The fourth-order valence-electron chi connectivity index (χ4n) is 2.64. The number of imidazole rings is 1. The van der Waals surface area contributed by atoms with Gasteiger partial charge in [-0.2, -0.15) is 0 Å². The normalized spacial score (nSPS) is 15.0. The summed E-state index contributed by atoms with van der Waals surface area (Å²) >= 11 is 0. The first-order chi connectivity index (χ1) is 9.28. The molecular weight excluding hydrogens is 240 g/mol. The molecule has 1 aromatic heterocycles. The molecule has 0 bridgehead atoms. The maximum Gasteiger partial charge on any atom is 0.238 e. The molecule has 1 amide bonds. The Balaban J connectivity index is 1.98. The predicted molar refractivity (Wildman–Crippen MR) is 75.0 cm³/mol. The second-order valence-corrected chi connectivity index (χ2v) is 4.95. The van der Waals surface area contributed by atoms with E-state index in [1.807, 2.05) is 18.2 Å². The van der Waals surface area contributed by atoms with E-state index >= 15 is 0 Å². The number of fused-ring (bicyclic) bond motifs is 3. The second-order valence-electron chi connectivity index (χ2n) is 4.95.